The van der Waals surface area contributed by atoms with Gasteiger partial charge in [-0.1, -0.05) is 0 Å². The van der Waals surface area contributed by atoms with Crippen molar-refractivity contribution in [1.29, 1.82) is 0 Å². The van der Waals surface area contributed by atoms with E-state index in [-0.39, 0.29) is 138 Å². The van der Waals surface area contributed by atoms with E-state index in [1.165, 1.54) is 0 Å². The summed E-state index contributed by atoms with van der Waals surface area (Å²) in [6.45, 7) is 0. The Morgan fingerprint density at radius 1 is 1.25 bits per heavy atom. The van der Waals surface area contributed by atoms with Crippen molar-refractivity contribution in [1.82, 2.24) is 0 Å². The van der Waals surface area contributed by atoms with E-state index in [1.807, 2.05) is 0 Å². The first kappa shape index (κ1) is 17.9. The van der Waals surface area contributed by atoms with Gasteiger partial charge in [-0.15, -0.1) is 0 Å². The Hall–Kier alpha value is 3.93. The van der Waals surface area contributed by atoms with Crippen LogP contribution in [0.25, 0.3) is 0 Å². The zero-order valence-corrected chi connectivity index (χ0v) is 17.8. The molecular weight excluding hydrogens is 378 g/mol. The molecule has 0 amide bonds. The van der Waals surface area contributed by atoms with Crippen LogP contribution in [0.4, 0.5) is 0 Å². The fraction of sp³-hybridized carbons (Fsp3) is 0. The Bertz CT molecular complexity index is 112. The third-order valence-corrected chi connectivity index (χ3v) is 0.250. The zero-order valence-electron chi connectivity index (χ0n) is 4.45. The van der Waals surface area contributed by atoms with E-state index >= 15 is 0 Å². The maximum atomic E-state index is 8.91. The molecular formula is Cs2O5S. The van der Waals surface area contributed by atoms with Crippen LogP contribution >= 0.6 is 0 Å². The topological polar surface area (TPSA) is 89.5 Å². The average molecular weight is 378 g/mol. The molecule has 0 aliphatic heterocycles. The van der Waals surface area contributed by atoms with Gasteiger partial charge >= 0.3 is 138 Å². The molecule has 0 rings (SSSR count). The predicted octanol–water partition coefficient (Wildman–Crippen LogP) is -8.25. The second-order valence-corrected chi connectivity index (χ2v) is 1.43. The van der Waals surface area contributed by atoms with Crippen molar-refractivity contribution >= 4 is 10.4 Å². The standard InChI is InChI=1S/2Cs.H2O5S/c;;1-5-6(2,3)4/h;;1H,(H,2,3,4)/q2*+1;/p-2. The number of rotatable bonds is 1. The van der Waals surface area contributed by atoms with E-state index in [4.69, 9.17) is 18.2 Å². The summed E-state index contributed by atoms with van der Waals surface area (Å²) in [5.74, 6) is 0. The summed E-state index contributed by atoms with van der Waals surface area (Å²) in [6, 6.07) is 0. The fourth-order valence-corrected chi connectivity index (χ4v) is 0. The fourth-order valence-electron chi connectivity index (χ4n) is 0. The van der Waals surface area contributed by atoms with Gasteiger partial charge in [0.25, 0.3) is 0 Å². The first-order chi connectivity index (χ1) is 2.56. The second kappa shape index (κ2) is 9.03. The summed E-state index contributed by atoms with van der Waals surface area (Å²) in [7, 11) is -4.97. The van der Waals surface area contributed by atoms with Crippen molar-refractivity contribution in [2.45, 2.75) is 0 Å². The Kier molecular flexibility index (Phi) is 20.2. The Balaban J connectivity index is -0.000000125. The molecule has 0 aromatic carbocycles. The third kappa shape index (κ3) is 16.5. The summed E-state index contributed by atoms with van der Waals surface area (Å²) in [4.78, 5) is 0. The smallest absolute Gasteiger partial charge is 0.726 e. The van der Waals surface area contributed by atoms with Gasteiger partial charge in [0.15, 0.2) is 0 Å². The second-order valence-electron chi connectivity index (χ2n) is 0.476. The van der Waals surface area contributed by atoms with Crippen LogP contribution in [0.1, 0.15) is 0 Å². The zero-order chi connectivity index (χ0) is 5.21. The van der Waals surface area contributed by atoms with Gasteiger partial charge in [0.05, 0.1) is 0 Å². The first-order valence-corrected chi connectivity index (χ1v) is 2.17. The monoisotopic (exact) mass is 378 g/mol. The molecule has 0 N–H and O–H groups in total. The van der Waals surface area contributed by atoms with E-state index in [1.54, 1.807) is 0 Å². The van der Waals surface area contributed by atoms with Crippen LogP contribution in [-0.2, 0) is 14.7 Å². The van der Waals surface area contributed by atoms with Crippen molar-refractivity contribution in [2.75, 3.05) is 0 Å². The van der Waals surface area contributed by atoms with E-state index in [0.29, 0.717) is 0 Å². The number of hydrogen-bond donors (Lipinski definition) is 0. The molecule has 38 valence electrons. The van der Waals surface area contributed by atoms with Crippen LogP contribution in [-0.4, -0.2) is 13.0 Å². The van der Waals surface area contributed by atoms with Crippen LogP contribution in [0, 0.1) is 0 Å². The molecule has 5 nitrogen and oxygen atoms in total. The van der Waals surface area contributed by atoms with Crippen molar-refractivity contribution < 1.29 is 160 Å². The van der Waals surface area contributed by atoms with E-state index in [0.717, 1.165) is 0 Å². The maximum absolute atomic E-state index is 8.91. The van der Waals surface area contributed by atoms with Crippen molar-refractivity contribution in [3.63, 3.8) is 0 Å². The molecule has 0 fully saturated rings. The van der Waals surface area contributed by atoms with Gasteiger partial charge in [0.2, 0.25) is 10.4 Å². The molecule has 0 aromatic heterocycles. The molecule has 0 atom stereocenters. The quantitative estimate of drug-likeness (QED) is 0.196. The van der Waals surface area contributed by atoms with Crippen LogP contribution in [0.5, 0.6) is 0 Å². The molecule has 0 unspecified atom stereocenters. The summed E-state index contributed by atoms with van der Waals surface area (Å²) < 4.78 is 28.8. The Morgan fingerprint density at radius 3 is 1.38 bits per heavy atom. The summed E-state index contributed by atoms with van der Waals surface area (Å²) in [5, 5.41) is 8.55. The van der Waals surface area contributed by atoms with E-state index in [2.05, 4.69) is 4.33 Å². The summed E-state index contributed by atoms with van der Waals surface area (Å²) >= 11 is 0. The molecule has 0 saturated heterocycles. The predicted molar refractivity (Wildman–Crippen MR) is 10.8 cm³/mol. The van der Waals surface area contributed by atoms with Crippen molar-refractivity contribution in [2.24, 2.45) is 0 Å². The molecule has 0 aromatic rings. The minimum absolute atomic E-state index is 0. The van der Waals surface area contributed by atoms with Gasteiger partial charge in [-0.25, -0.2) is 8.42 Å². The molecule has 0 aliphatic carbocycles. The maximum Gasteiger partial charge on any atom is 1.00 e. The summed E-state index contributed by atoms with van der Waals surface area (Å²) in [5.41, 5.74) is 0. The molecule has 8 heteroatoms. The average Bonchev–Trinajstić information content (AvgIpc) is 1.35. The number of hydrogen-bond acceptors (Lipinski definition) is 5. The van der Waals surface area contributed by atoms with Crippen molar-refractivity contribution in [3.05, 3.63) is 0 Å². The first-order valence-electron chi connectivity index (χ1n) is 0.833. The Morgan fingerprint density at radius 2 is 1.38 bits per heavy atom. The molecule has 0 saturated carbocycles. The normalized spacial score (nSPS) is 8.75. The summed E-state index contributed by atoms with van der Waals surface area (Å²) in [6.07, 6.45) is 0. The minimum atomic E-state index is -4.97. The molecule has 0 heterocycles. The van der Waals surface area contributed by atoms with Gasteiger partial charge in [0, 0.05) is 0 Å². The van der Waals surface area contributed by atoms with Gasteiger partial charge in [-0.2, -0.15) is 0 Å². The molecule has 0 radical (unpaired) electrons. The third-order valence-electron chi connectivity index (χ3n) is 0.0833. The van der Waals surface area contributed by atoms with E-state index in [9.17, 15) is 0 Å². The van der Waals surface area contributed by atoms with Crippen molar-refractivity contribution in [3.8, 4) is 0 Å². The van der Waals surface area contributed by atoms with Gasteiger partial charge in [0.1, 0.15) is 0 Å². The van der Waals surface area contributed by atoms with E-state index < -0.39 is 10.4 Å². The van der Waals surface area contributed by atoms with Crippen LogP contribution in [0.2, 0.25) is 0 Å². The SMILES string of the molecule is O=S(=O)([O-])O[O-].[Cs+].[Cs+]. The minimum Gasteiger partial charge on any atom is -0.726 e. The van der Waals surface area contributed by atoms with Crippen LogP contribution in [0.15, 0.2) is 0 Å². The molecule has 8 heavy (non-hydrogen) atoms. The Labute approximate surface area is 165 Å². The van der Waals surface area contributed by atoms with Gasteiger partial charge < -0.3 is 14.1 Å². The molecule has 0 aliphatic rings. The molecule has 0 bridgehead atoms. The van der Waals surface area contributed by atoms with Crippen LogP contribution < -0.4 is 143 Å². The molecule has 0 spiro atoms. The largest absolute Gasteiger partial charge is 1.00 e. The van der Waals surface area contributed by atoms with Crippen LogP contribution in [0.3, 0.4) is 0 Å². The van der Waals surface area contributed by atoms with Gasteiger partial charge in [-0.05, 0) is 0 Å². The van der Waals surface area contributed by atoms with Gasteiger partial charge in [-0.3, -0.25) is 0 Å².